The fraction of sp³-hybridized carbons (Fsp3) is 0.842. The predicted molar refractivity (Wildman–Crippen MR) is 96.7 cm³/mol. The summed E-state index contributed by atoms with van der Waals surface area (Å²) in [5.41, 5.74) is 0. The second-order valence-electron chi connectivity index (χ2n) is 6.82. The first-order chi connectivity index (χ1) is 11.6. The van der Waals surface area contributed by atoms with Gasteiger partial charge < -0.3 is 9.47 Å². The fourth-order valence-electron chi connectivity index (χ4n) is 3.47. The molecule has 0 spiro atoms. The first kappa shape index (κ1) is 18.9. The highest BCUT2D eigenvalue weighted by Gasteiger charge is 2.37. The van der Waals surface area contributed by atoms with E-state index in [-0.39, 0.29) is 18.0 Å². The zero-order chi connectivity index (χ0) is 17.5. The van der Waals surface area contributed by atoms with E-state index in [4.69, 9.17) is 19.5 Å². The summed E-state index contributed by atoms with van der Waals surface area (Å²) in [5.74, 6) is 2.29. The number of ether oxygens (including phenoxy) is 2. The molecule has 0 saturated heterocycles. The van der Waals surface area contributed by atoms with Crippen molar-refractivity contribution < 1.29 is 14.3 Å². The third-order valence-corrected chi connectivity index (χ3v) is 5.02. The van der Waals surface area contributed by atoms with Crippen molar-refractivity contribution in [2.75, 3.05) is 13.2 Å². The van der Waals surface area contributed by atoms with E-state index in [9.17, 15) is 4.79 Å². The van der Waals surface area contributed by atoms with Crippen LogP contribution in [0.4, 0.5) is 0 Å². The van der Waals surface area contributed by atoms with Gasteiger partial charge in [-0.3, -0.25) is 4.79 Å². The monoisotopic (exact) mass is 336 g/mol. The Hall–Kier alpha value is -1.39. The highest BCUT2D eigenvalue weighted by molar-refractivity contribution is 5.94. The van der Waals surface area contributed by atoms with Gasteiger partial charge in [-0.1, -0.05) is 26.7 Å². The molecule has 1 fully saturated rings. The molecule has 0 amide bonds. The molecule has 136 valence electrons. The standard InChI is InChI=1S/C19H32N2O3/c1-5-13(4)16-18(23-6-2)21-17(19(20-16)24-7-3)14-10-8-9-11-15(22)12-14/h13-14,16-17H,5-12H2,1-4H3. The number of Topliss-reactive ketones (excluding diaryl/α,β-unsaturated/α-hetero) is 1. The normalized spacial score (nSPS) is 29.3. The number of aliphatic imine (C=N–C) groups is 2. The Bertz CT molecular complexity index is 487. The molecule has 1 aliphatic carbocycles. The van der Waals surface area contributed by atoms with Gasteiger partial charge in [0.2, 0.25) is 11.8 Å². The Balaban J connectivity index is 2.30. The van der Waals surface area contributed by atoms with E-state index in [1.54, 1.807) is 0 Å². The quantitative estimate of drug-likeness (QED) is 0.717. The van der Waals surface area contributed by atoms with Crippen LogP contribution in [0.15, 0.2) is 9.98 Å². The second-order valence-corrected chi connectivity index (χ2v) is 6.82. The first-order valence-electron chi connectivity index (χ1n) is 9.53. The summed E-state index contributed by atoms with van der Waals surface area (Å²) in [7, 11) is 0. The van der Waals surface area contributed by atoms with Crippen LogP contribution in [0, 0.1) is 11.8 Å². The molecule has 0 radical (unpaired) electrons. The van der Waals surface area contributed by atoms with Gasteiger partial charge in [-0.2, -0.15) is 0 Å². The average molecular weight is 336 g/mol. The topological polar surface area (TPSA) is 60.2 Å². The molecule has 4 unspecified atom stereocenters. The molecule has 1 heterocycles. The van der Waals surface area contributed by atoms with E-state index in [2.05, 4.69) is 13.8 Å². The van der Waals surface area contributed by atoms with Gasteiger partial charge in [-0.25, -0.2) is 9.98 Å². The van der Waals surface area contributed by atoms with Gasteiger partial charge in [0.15, 0.2) is 0 Å². The van der Waals surface area contributed by atoms with Crippen LogP contribution in [0.5, 0.6) is 0 Å². The van der Waals surface area contributed by atoms with Gasteiger partial charge >= 0.3 is 0 Å². The number of ketones is 1. The summed E-state index contributed by atoms with van der Waals surface area (Å²) in [6.45, 7) is 9.42. The highest BCUT2D eigenvalue weighted by atomic mass is 16.5. The Morgan fingerprint density at radius 3 is 2.46 bits per heavy atom. The van der Waals surface area contributed by atoms with Crippen LogP contribution in [0.1, 0.15) is 66.2 Å². The number of nitrogens with zero attached hydrogens (tertiary/aromatic N) is 2. The molecular weight excluding hydrogens is 304 g/mol. The van der Waals surface area contributed by atoms with Gasteiger partial charge in [0.25, 0.3) is 0 Å². The van der Waals surface area contributed by atoms with Crippen molar-refractivity contribution in [1.82, 2.24) is 0 Å². The lowest BCUT2D eigenvalue weighted by Crippen LogP contribution is -2.42. The van der Waals surface area contributed by atoms with Gasteiger partial charge in [0.1, 0.15) is 17.9 Å². The molecule has 24 heavy (non-hydrogen) atoms. The zero-order valence-corrected chi connectivity index (χ0v) is 15.6. The number of carbonyl (C=O) groups is 1. The average Bonchev–Trinajstić information content (AvgIpc) is 2.80. The molecule has 0 aromatic rings. The molecule has 2 aliphatic rings. The molecule has 5 nitrogen and oxygen atoms in total. The number of carbonyl (C=O) groups excluding carboxylic acids is 1. The van der Waals surface area contributed by atoms with Crippen LogP contribution >= 0.6 is 0 Å². The SMILES string of the molecule is CCOC1=NC(C2CCCCC(=O)C2)C(OCC)=NC1C(C)CC. The molecule has 2 rings (SSSR count). The lowest BCUT2D eigenvalue weighted by Gasteiger charge is -2.32. The minimum absolute atomic E-state index is 0.0748. The molecule has 1 aliphatic heterocycles. The van der Waals surface area contributed by atoms with Crippen LogP contribution in [0.2, 0.25) is 0 Å². The van der Waals surface area contributed by atoms with Crippen LogP contribution in [0.3, 0.4) is 0 Å². The van der Waals surface area contributed by atoms with Crippen molar-refractivity contribution in [3.8, 4) is 0 Å². The van der Waals surface area contributed by atoms with E-state index in [0.717, 1.165) is 31.6 Å². The maximum absolute atomic E-state index is 12.1. The molecule has 5 heteroatoms. The molecule has 0 aromatic heterocycles. The van der Waals surface area contributed by atoms with Crippen molar-refractivity contribution in [2.45, 2.75) is 78.3 Å². The number of hydrogen-bond donors (Lipinski definition) is 0. The van der Waals surface area contributed by atoms with Gasteiger partial charge in [0.05, 0.1) is 13.2 Å². The third kappa shape index (κ3) is 4.58. The maximum Gasteiger partial charge on any atom is 0.210 e. The summed E-state index contributed by atoms with van der Waals surface area (Å²) in [5, 5.41) is 0. The summed E-state index contributed by atoms with van der Waals surface area (Å²) < 4.78 is 11.7. The maximum atomic E-state index is 12.1. The van der Waals surface area contributed by atoms with Crippen LogP contribution in [0.25, 0.3) is 0 Å². The van der Waals surface area contributed by atoms with Gasteiger partial charge in [0, 0.05) is 12.8 Å². The van der Waals surface area contributed by atoms with E-state index >= 15 is 0 Å². The van der Waals surface area contributed by atoms with Crippen LogP contribution < -0.4 is 0 Å². The van der Waals surface area contributed by atoms with Gasteiger partial charge in [-0.05, 0) is 38.5 Å². The molecule has 0 N–H and O–H groups in total. The molecule has 0 aromatic carbocycles. The smallest absolute Gasteiger partial charge is 0.210 e. The largest absolute Gasteiger partial charge is 0.480 e. The van der Waals surface area contributed by atoms with Crippen molar-refractivity contribution in [2.24, 2.45) is 21.8 Å². The predicted octanol–water partition coefficient (Wildman–Crippen LogP) is 3.80. The highest BCUT2D eigenvalue weighted by Crippen LogP contribution is 2.30. The van der Waals surface area contributed by atoms with Crippen molar-refractivity contribution >= 4 is 17.6 Å². The molecule has 4 atom stereocenters. The Morgan fingerprint density at radius 1 is 1.08 bits per heavy atom. The summed E-state index contributed by atoms with van der Waals surface area (Å²) in [6, 6.07) is -0.247. The van der Waals surface area contributed by atoms with Crippen molar-refractivity contribution in [3.63, 3.8) is 0 Å². The van der Waals surface area contributed by atoms with Crippen LogP contribution in [-0.4, -0.2) is 42.9 Å². The molecule has 0 bridgehead atoms. The first-order valence-corrected chi connectivity index (χ1v) is 9.53. The third-order valence-electron chi connectivity index (χ3n) is 5.02. The minimum atomic E-state index is -0.172. The van der Waals surface area contributed by atoms with Gasteiger partial charge in [-0.15, -0.1) is 0 Å². The zero-order valence-electron chi connectivity index (χ0n) is 15.6. The molecular formula is C19H32N2O3. The summed E-state index contributed by atoms with van der Waals surface area (Å²) >= 11 is 0. The Kier molecular flexibility index (Phi) is 7.25. The van der Waals surface area contributed by atoms with Crippen molar-refractivity contribution in [1.29, 1.82) is 0 Å². The van der Waals surface area contributed by atoms with Crippen molar-refractivity contribution in [3.05, 3.63) is 0 Å². The van der Waals surface area contributed by atoms with E-state index in [0.29, 0.717) is 43.7 Å². The van der Waals surface area contributed by atoms with E-state index in [1.165, 1.54) is 0 Å². The van der Waals surface area contributed by atoms with E-state index in [1.807, 2.05) is 13.8 Å². The number of hydrogen-bond acceptors (Lipinski definition) is 5. The van der Waals surface area contributed by atoms with E-state index < -0.39 is 0 Å². The second kappa shape index (κ2) is 9.19. The minimum Gasteiger partial charge on any atom is -0.480 e. The summed E-state index contributed by atoms with van der Waals surface area (Å²) in [6.07, 6.45) is 5.34. The Labute approximate surface area is 145 Å². The van der Waals surface area contributed by atoms with Crippen LogP contribution in [-0.2, 0) is 14.3 Å². The lowest BCUT2D eigenvalue weighted by molar-refractivity contribution is -0.119. The lowest BCUT2D eigenvalue weighted by atomic mass is 9.89. The Morgan fingerprint density at radius 2 is 1.79 bits per heavy atom. The molecule has 1 saturated carbocycles. The number of rotatable bonds is 5. The fourth-order valence-corrected chi connectivity index (χ4v) is 3.47. The summed E-state index contributed by atoms with van der Waals surface area (Å²) in [4.78, 5) is 21.9.